The average Bonchev–Trinajstić information content (AvgIpc) is 3.55. The van der Waals surface area contributed by atoms with E-state index >= 15 is 0 Å². The van der Waals surface area contributed by atoms with E-state index in [1.54, 1.807) is 18.2 Å². The van der Waals surface area contributed by atoms with E-state index in [4.69, 9.17) is 11.6 Å². The molecule has 1 aliphatic carbocycles. The predicted molar refractivity (Wildman–Crippen MR) is 129 cm³/mol. The Hall–Kier alpha value is -2.67. The first-order chi connectivity index (χ1) is 16.0. The molecule has 1 aromatic heterocycles. The molecule has 0 bridgehead atoms. The number of hydrogen-bond acceptors (Lipinski definition) is 2. The molecule has 3 aromatic rings. The van der Waals surface area contributed by atoms with E-state index in [2.05, 4.69) is 5.32 Å². The van der Waals surface area contributed by atoms with Crippen LogP contribution < -0.4 is 5.32 Å². The topological polar surface area (TPSA) is 54.3 Å². The molecule has 2 N–H and O–H groups in total. The van der Waals surface area contributed by atoms with Crippen LogP contribution in [0, 0.1) is 11.8 Å². The number of halogens is 4. The van der Waals surface area contributed by atoms with Crippen LogP contribution in [0.5, 0.6) is 0 Å². The van der Waals surface area contributed by atoms with Crippen LogP contribution in [0.1, 0.15) is 49.1 Å². The van der Waals surface area contributed by atoms with Crippen molar-refractivity contribution in [3.05, 3.63) is 64.8 Å². The van der Waals surface area contributed by atoms with Crippen molar-refractivity contribution in [1.82, 2.24) is 4.57 Å². The molecule has 0 aliphatic heterocycles. The molecular weight excluding hydrogens is 465 g/mol. The van der Waals surface area contributed by atoms with Crippen molar-refractivity contribution in [2.45, 2.75) is 44.2 Å². The van der Waals surface area contributed by atoms with Gasteiger partial charge in [0.25, 0.3) is 0 Å². The van der Waals surface area contributed by atoms with Gasteiger partial charge in [0.2, 0.25) is 0 Å². The number of aryl methyl sites for hydroxylation is 1. The number of carboxylic acids is 1. The van der Waals surface area contributed by atoms with Gasteiger partial charge in [0.05, 0.1) is 23.0 Å². The molecule has 3 atom stereocenters. The molecular formula is C26H28ClF3N2O2. The lowest BCUT2D eigenvalue weighted by Gasteiger charge is -2.28. The Labute approximate surface area is 201 Å². The van der Waals surface area contributed by atoms with Gasteiger partial charge in [-0.3, -0.25) is 4.79 Å². The summed E-state index contributed by atoms with van der Waals surface area (Å²) in [6.07, 6.45) is -0.490. The van der Waals surface area contributed by atoms with Gasteiger partial charge in [0, 0.05) is 31.2 Å². The number of hydrogen-bond donors (Lipinski definition) is 2. The van der Waals surface area contributed by atoms with Crippen LogP contribution in [0.3, 0.4) is 0 Å². The van der Waals surface area contributed by atoms with Gasteiger partial charge < -0.3 is 15.0 Å². The lowest BCUT2D eigenvalue weighted by atomic mass is 9.86. The zero-order valence-electron chi connectivity index (χ0n) is 19.1. The summed E-state index contributed by atoms with van der Waals surface area (Å²) < 4.78 is 43.3. The number of aromatic nitrogens is 1. The minimum atomic E-state index is -4.36. The molecule has 0 spiro atoms. The molecule has 0 saturated heterocycles. The molecule has 1 saturated carbocycles. The number of benzene rings is 2. The van der Waals surface area contributed by atoms with Crippen molar-refractivity contribution in [2.75, 3.05) is 11.9 Å². The fourth-order valence-electron chi connectivity index (χ4n) is 4.69. The van der Waals surface area contributed by atoms with Crippen molar-refractivity contribution in [3.63, 3.8) is 0 Å². The van der Waals surface area contributed by atoms with Crippen molar-refractivity contribution in [3.8, 4) is 0 Å². The van der Waals surface area contributed by atoms with Crippen molar-refractivity contribution < 1.29 is 23.1 Å². The summed E-state index contributed by atoms with van der Waals surface area (Å²) in [5.74, 6) is -3.08. The molecule has 0 radical (unpaired) electrons. The maximum absolute atomic E-state index is 13.8. The van der Waals surface area contributed by atoms with Crippen molar-refractivity contribution in [2.24, 2.45) is 18.9 Å². The summed E-state index contributed by atoms with van der Waals surface area (Å²) in [7, 11) is 1.87. The number of carboxylic acid groups (broad SMARTS) is 1. The third kappa shape index (κ3) is 5.35. The summed E-state index contributed by atoms with van der Waals surface area (Å²) in [6.45, 7) is 1.24. The van der Waals surface area contributed by atoms with E-state index < -0.39 is 24.0 Å². The largest absolute Gasteiger partial charge is 0.481 e. The van der Waals surface area contributed by atoms with Crippen LogP contribution in [0.4, 0.5) is 18.9 Å². The van der Waals surface area contributed by atoms with Crippen LogP contribution in [0.25, 0.3) is 10.9 Å². The first-order valence-electron chi connectivity index (χ1n) is 11.4. The number of alkyl halides is 3. The number of nitrogens with zero attached hydrogens (tertiary/aromatic N) is 1. The highest BCUT2D eigenvalue weighted by molar-refractivity contribution is 6.33. The smallest absolute Gasteiger partial charge is 0.392 e. The number of rotatable bonds is 9. The molecule has 4 rings (SSSR count). The van der Waals surface area contributed by atoms with E-state index in [-0.39, 0.29) is 18.9 Å². The molecule has 182 valence electrons. The van der Waals surface area contributed by atoms with Crippen LogP contribution in [0.15, 0.2) is 48.7 Å². The van der Waals surface area contributed by atoms with Gasteiger partial charge in [-0.2, -0.15) is 13.2 Å². The van der Waals surface area contributed by atoms with E-state index in [1.807, 2.05) is 42.1 Å². The normalized spacial score (nSPS) is 16.9. The Bertz CT molecular complexity index is 1190. The van der Waals surface area contributed by atoms with Gasteiger partial charge in [-0.05, 0) is 65.5 Å². The summed E-state index contributed by atoms with van der Waals surface area (Å²) in [4.78, 5) is 11.4. The highest BCUT2D eigenvalue weighted by atomic mass is 35.5. The maximum Gasteiger partial charge on any atom is 0.392 e. The molecule has 0 amide bonds. The highest BCUT2D eigenvalue weighted by Crippen LogP contribution is 2.46. The summed E-state index contributed by atoms with van der Waals surface area (Å²) in [5.41, 5.74) is 2.84. The quantitative estimate of drug-likeness (QED) is 0.332. The van der Waals surface area contributed by atoms with E-state index in [1.165, 1.54) is 6.92 Å². The lowest BCUT2D eigenvalue weighted by molar-refractivity contribution is -0.174. The van der Waals surface area contributed by atoms with Gasteiger partial charge in [0.1, 0.15) is 0 Å². The zero-order chi connectivity index (χ0) is 24.6. The van der Waals surface area contributed by atoms with Crippen molar-refractivity contribution in [1.29, 1.82) is 0 Å². The summed E-state index contributed by atoms with van der Waals surface area (Å²) >= 11 is 6.38. The van der Waals surface area contributed by atoms with Gasteiger partial charge in [-0.25, -0.2) is 0 Å². The number of aliphatic carboxylic acids is 1. The zero-order valence-corrected chi connectivity index (χ0v) is 19.8. The number of anilines is 1. The Morgan fingerprint density at radius 2 is 1.88 bits per heavy atom. The maximum atomic E-state index is 13.8. The standard InChI is InChI=1S/C26H28ClF3N2O2/c1-15(26(28,29)30)21(19-6-5-17-9-10-32(2)24(17)12-19)14-31-23-11-18(7-8-22(23)27)20(13-25(33)34)16-3-4-16/h5-12,15-16,20-21,31H,3-4,13-14H2,1-2H3,(H,33,34)/t15-,20+,21-/m1/s1. The second-order valence-corrected chi connectivity index (χ2v) is 9.75. The second-order valence-electron chi connectivity index (χ2n) is 9.34. The molecule has 34 heavy (non-hydrogen) atoms. The molecule has 8 heteroatoms. The third-order valence-electron chi connectivity index (χ3n) is 6.98. The Kier molecular flexibility index (Phi) is 6.85. The fraction of sp³-hybridized carbons (Fsp3) is 0.423. The molecule has 4 nitrogen and oxygen atoms in total. The monoisotopic (exact) mass is 492 g/mol. The van der Waals surface area contributed by atoms with Gasteiger partial charge in [-0.1, -0.05) is 36.7 Å². The molecule has 2 aromatic carbocycles. The fourth-order valence-corrected chi connectivity index (χ4v) is 4.88. The minimum Gasteiger partial charge on any atom is -0.481 e. The summed E-state index contributed by atoms with van der Waals surface area (Å²) in [6, 6.07) is 12.7. The first kappa shape index (κ1) is 24.5. The van der Waals surface area contributed by atoms with Gasteiger partial charge >= 0.3 is 12.1 Å². The second kappa shape index (κ2) is 9.53. The molecule has 1 fully saturated rings. The Morgan fingerprint density at radius 3 is 2.53 bits per heavy atom. The lowest BCUT2D eigenvalue weighted by Crippen LogP contribution is -2.30. The highest BCUT2D eigenvalue weighted by Gasteiger charge is 2.42. The van der Waals surface area contributed by atoms with Gasteiger partial charge in [-0.15, -0.1) is 0 Å². The number of fused-ring (bicyclic) bond motifs is 1. The average molecular weight is 493 g/mol. The molecule has 1 heterocycles. The van der Waals surface area contributed by atoms with E-state index in [0.717, 1.165) is 29.3 Å². The van der Waals surface area contributed by atoms with Crippen LogP contribution in [-0.2, 0) is 11.8 Å². The minimum absolute atomic E-state index is 0.0240. The Balaban J connectivity index is 1.62. The van der Waals surface area contributed by atoms with Crippen molar-refractivity contribution >= 4 is 34.2 Å². The van der Waals surface area contributed by atoms with Crippen LogP contribution >= 0.6 is 11.6 Å². The van der Waals surface area contributed by atoms with Crippen LogP contribution in [-0.4, -0.2) is 28.4 Å². The SMILES string of the molecule is C[C@H]([C@@H](CNc1cc([C@@H](CC(=O)O)C2CC2)ccc1Cl)c1ccc2ccn(C)c2c1)C(F)(F)F. The molecule has 1 aliphatic rings. The van der Waals surface area contributed by atoms with E-state index in [0.29, 0.717) is 22.2 Å². The predicted octanol–water partition coefficient (Wildman–Crippen LogP) is 7.19. The molecule has 0 unspecified atom stereocenters. The summed E-state index contributed by atoms with van der Waals surface area (Å²) in [5, 5.41) is 13.8. The number of carbonyl (C=O) groups is 1. The van der Waals surface area contributed by atoms with Crippen LogP contribution in [0.2, 0.25) is 5.02 Å². The number of nitrogens with one attached hydrogen (secondary N) is 1. The van der Waals surface area contributed by atoms with Gasteiger partial charge in [0.15, 0.2) is 0 Å². The first-order valence-corrected chi connectivity index (χ1v) is 11.8. The van der Waals surface area contributed by atoms with E-state index in [9.17, 15) is 23.1 Å². The third-order valence-corrected chi connectivity index (χ3v) is 7.31. The Morgan fingerprint density at radius 1 is 1.18 bits per heavy atom.